The average Bonchev–Trinajstić information content (AvgIpc) is 2.33. The number of halogens is 2. The summed E-state index contributed by atoms with van der Waals surface area (Å²) >= 11 is 0. The Morgan fingerprint density at radius 1 is 1.42 bits per heavy atom. The summed E-state index contributed by atoms with van der Waals surface area (Å²) in [5.41, 5.74) is 0. The van der Waals surface area contributed by atoms with Crippen molar-refractivity contribution in [3.05, 3.63) is 23.0 Å². The maximum Gasteiger partial charge on any atom is 1.00 e. The highest BCUT2D eigenvalue weighted by molar-refractivity contribution is 5.85. The van der Waals surface area contributed by atoms with Crippen molar-refractivity contribution < 1.29 is 6.53 Å². The lowest BCUT2D eigenvalue weighted by Crippen LogP contribution is -2.23. The molecule has 2 rings (SSSR count). The number of rotatable bonds is 0. The van der Waals surface area contributed by atoms with Crippen LogP contribution in [0.25, 0.3) is 6.08 Å². The summed E-state index contributed by atoms with van der Waals surface area (Å²) in [6.07, 6.45) is 3.35. The van der Waals surface area contributed by atoms with Crippen LogP contribution in [0.4, 0.5) is 0 Å². The number of hydrogen-bond acceptors (Lipinski definition) is 3. The van der Waals surface area contributed by atoms with Crippen molar-refractivity contribution in [2.24, 2.45) is 4.99 Å². The van der Waals surface area contributed by atoms with Crippen LogP contribution in [0.15, 0.2) is 17.3 Å². The number of pyridine rings is 1. The minimum atomic E-state index is 0. The monoisotopic (exact) mass is 207 g/mol. The van der Waals surface area contributed by atoms with E-state index in [0.717, 1.165) is 10.7 Å². The minimum absolute atomic E-state index is 0. The largest absolute Gasteiger partial charge is 1.00 e. The van der Waals surface area contributed by atoms with Gasteiger partial charge in [-0.05, 0) is 6.08 Å². The molecule has 1 aromatic heterocycles. The quantitative estimate of drug-likeness (QED) is 0.659. The van der Waals surface area contributed by atoms with Gasteiger partial charge < -0.3 is 5.11 Å². The van der Waals surface area contributed by atoms with Crippen molar-refractivity contribution in [2.75, 3.05) is 6.54 Å². The Bertz CT molecular complexity index is 383. The summed E-state index contributed by atoms with van der Waals surface area (Å²) < 4.78 is 0. The lowest BCUT2D eigenvalue weighted by molar-refractivity contribution is 0.471. The first-order valence-electron chi connectivity index (χ1n) is 3.06. The number of nitrogens with zero attached hydrogens (tertiary/aromatic N) is 2. The van der Waals surface area contributed by atoms with Crippen molar-refractivity contribution in [3.63, 3.8) is 0 Å². The zero-order chi connectivity index (χ0) is 6.97. The van der Waals surface area contributed by atoms with Gasteiger partial charge in [-0.15, -0.1) is 24.8 Å². The van der Waals surface area contributed by atoms with Crippen LogP contribution in [-0.2, 0) is 0 Å². The second kappa shape index (κ2) is 4.28. The van der Waals surface area contributed by atoms with Crippen LogP contribution in [0.3, 0.4) is 0 Å². The van der Waals surface area contributed by atoms with Gasteiger partial charge in [0.2, 0.25) is 0 Å². The highest BCUT2D eigenvalue weighted by Crippen LogP contribution is 1.96. The number of aromatic hydroxyl groups is 1. The molecule has 0 aliphatic carbocycles. The van der Waals surface area contributed by atoms with Crippen LogP contribution in [0.5, 0.6) is 5.75 Å². The van der Waals surface area contributed by atoms with Crippen LogP contribution < -0.4 is 10.7 Å². The molecule has 0 bridgehead atoms. The summed E-state index contributed by atoms with van der Waals surface area (Å²) in [4.78, 5) is 8.04. The lowest BCUT2D eigenvalue weighted by atomic mass is 10.4. The van der Waals surface area contributed by atoms with Gasteiger partial charge in [0.25, 0.3) is 0 Å². The van der Waals surface area contributed by atoms with Crippen molar-refractivity contribution in [3.8, 4) is 5.75 Å². The third-order valence-electron chi connectivity index (χ3n) is 1.43. The highest BCUT2D eigenvalue weighted by atomic mass is 35.5. The van der Waals surface area contributed by atoms with Gasteiger partial charge >= 0.3 is 1.43 Å². The first kappa shape index (κ1) is 11.2. The van der Waals surface area contributed by atoms with E-state index in [0.29, 0.717) is 6.54 Å². The maximum absolute atomic E-state index is 8.96. The molecule has 2 heterocycles. The van der Waals surface area contributed by atoms with E-state index in [9.17, 15) is 0 Å². The molecule has 1 aliphatic heterocycles. The summed E-state index contributed by atoms with van der Waals surface area (Å²) in [6.45, 7) is 0.686. The fourth-order valence-corrected chi connectivity index (χ4v) is 0.967. The smallest absolute Gasteiger partial charge is 0.506 e. The summed E-state index contributed by atoms with van der Waals surface area (Å²) in [6, 6.07) is 1.62. The summed E-state index contributed by atoms with van der Waals surface area (Å²) in [7, 11) is 0. The number of hydrogen-bond donors (Lipinski definition) is 1. The molecule has 1 N–H and O–H groups in total. The predicted octanol–water partition coefficient (Wildman–Crippen LogP) is 0.157. The van der Waals surface area contributed by atoms with Crippen LogP contribution in [0.1, 0.15) is 1.43 Å². The normalized spacial score (nSPS) is 11.3. The minimum Gasteiger partial charge on any atom is -0.506 e. The summed E-state index contributed by atoms with van der Waals surface area (Å²) in [5.74, 6) is 0.179. The Labute approximate surface area is 83.2 Å². The van der Waals surface area contributed by atoms with E-state index in [1.807, 2.05) is 6.08 Å². The first-order chi connectivity index (χ1) is 4.86. The molecule has 0 unspecified atom stereocenters. The van der Waals surface area contributed by atoms with E-state index in [2.05, 4.69) is 9.98 Å². The van der Waals surface area contributed by atoms with Crippen molar-refractivity contribution >= 4 is 30.9 Å². The van der Waals surface area contributed by atoms with Gasteiger partial charge in [-0.2, -0.15) is 0 Å². The van der Waals surface area contributed by atoms with Gasteiger partial charge in [0.05, 0.1) is 23.4 Å². The van der Waals surface area contributed by atoms with E-state index in [1.165, 1.54) is 6.20 Å². The fourth-order valence-electron chi connectivity index (χ4n) is 0.967. The topological polar surface area (TPSA) is 45.5 Å². The Kier molecular flexibility index (Phi) is 4.00. The SMILES string of the molecule is Cl.Cl.Oc1cnc2c(c1)=NCC=2.[H+]. The lowest BCUT2D eigenvalue weighted by Gasteiger charge is -1.85. The van der Waals surface area contributed by atoms with Gasteiger partial charge in [-0.25, -0.2) is 0 Å². The van der Waals surface area contributed by atoms with Crippen molar-refractivity contribution in [2.45, 2.75) is 0 Å². The molecule has 1 aromatic rings. The third kappa shape index (κ3) is 1.87. The van der Waals surface area contributed by atoms with E-state index < -0.39 is 0 Å². The standard InChI is InChI=1S/C7H6N2O.2ClH/c10-5-3-7-6(9-4-5)1-2-8-7;;/h1,3-4,10H,2H2;2*1H/p+1. The van der Waals surface area contributed by atoms with Crippen molar-refractivity contribution in [1.29, 1.82) is 0 Å². The zero-order valence-electron chi connectivity index (χ0n) is 7.10. The van der Waals surface area contributed by atoms with Gasteiger partial charge in [0.1, 0.15) is 5.75 Å². The Hall–Kier alpha value is -0.800. The zero-order valence-corrected chi connectivity index (χ0v) is 7.73. The first-order valence-corrected chi connectivity index (χ1v) is 3.06. The molecule has 0 atom stereocenters. The molecule has 0 aromatic carbocycles. The molecule has 5 heteroatoms. The van der Waals surface area contributed by atoms with Crippen LogP contribution in [-0.4, -0.2) is 16.6 Å². The Balaban J connectivity index is 0. The van der Waals surface area contributed by atoms with Crippen molar-refractivity contribution in [1.82, 2.24) is 4.98 Å². The van der Waals surface area contributed by atoms with E-state index in [-0.39, 0.29) is 32.0 Å². The van der Waals surface area contributed by atoms with Crippen LogP contribution in [0, 0.1) is 0 Å². The van der Waals surface area contributed by atoms with E-state index in [4.69, 9.17) is 5.11 Å². The third-order valence-corrected chi connectivity index (χ3v) is 1.43. The second-order valence-corrected chi connectivity index (χ2v) is 2.14. The molecular formula is C7H9Cl2N2O+. The molecule has 1 aliphatic rings. The molecule has 0 saturated heterocycles. The Morgan fingerprint density at radius 3 is 2.92 bits per heavy atom. The van der Waals surface area contributed by atoms with E-state index >= 15 is 0 Å². The van der Waals surface area contributed by atoms with Crippen LogP contribution in [0.2, 0.25) is 0 Å². The van der Waals surface area contributed by atoms with Gasteiger partial charge in [-0.1, -0.05) is 0 Å². The fraction of sp³-hybridized carbons (Fsp3) is 0.143. The molecule has 12 heavy (non-hydrogen) atoms. The maximum atomic E-state index is 8.96. The highest BCUT2D eigenvalue weighted by Gasteiger charge is 1.95. The predicted molar refractivity (Wildman–Crippen MR) is 51.6 cm³/mol. The summed E-state index contributed by atoms with van der Waals surface area (Å²) in [5, 5.41) is 10.6. The van der Waals surface area contributed by atoms with Crippen LogP contribution >= 0.6 is 24.8 Å². The van der Waals surface area contributed by atoms with Gasteiger partial charge in [0, 0.05) is 6.07 Å². The molecular weight excluding hydrogens is 199 g/mol. The molecule has 0 amide bonds. The number of aromatic nitrogens is 1. The molecule has 0 fully saturated rings. The molecule has 0 radical (unpaired) electrons. The molecule has 0 saturated carbocycles. The van der Waals surface area contributed by atoms with E-state index in [1.54, 1.807) is 6.07 Å². The Morgan fingerprint density at radius 2 is 2.17 bits per heavy atom. The molecule has 66 valence electrons. The average molecular weight is 208 g/mol. The van der Waals surface area contributed by atoms with Gasteiger partial charge in [0.15, 0.2) is 0 Å². The van der Waals surface area contributed by atoms with Gasteiger partial charge in [-0.3, -0.25) is 9.98 Å². The number of fused-ring (bicyclic) bond motifs is 1. The molecule has 0 spiro atoms. The molecule has 3 nitrogen and oxygen atoms in total. The second-order valence-electron chi connectivity index (χ2n) is 2.14.